The Morgan fingerprint density at radius 2 is 2.41 bits per heavy atom. The maximum absolute atomic E-state index is 8.55. The van der Waals surface area contributed by atoms with Gasteiger partial charge >= 0.3 is 0 Å². The summed E-state index contributed by atoms with van der Waals surface area (Å²) < 4.78 is 5.57. The van der Waals surface area contributed by atoms with E-state index in [1.54, 1.807) is 12.3 Å². The maximum Gasteiger partial charge on any atom is 0.188 e. The monoisotopic (exact) mass is 235 g/mol. The molecule has 1 aromatic rings. The first kappa shape index (κ1) is 11.9. The molecule has 1 aromatic heterocycles. The van der Waals surface area contributed by atoms with Gasteiger partial charge in [0.1, 0.15) is 5.69 Å². The molecule has 5 heteroatoms. The molecule has 0 unspecified atom stereocenters. The zero-order valence-electron chi connectivity index (χ0n) is 9.67. The van der Waals surface area contributed by atoms with E-state index in [1.165, 1.54) is 12.8 Å². The van der Waals surface area contributed by atoms with Gasteiger partial charge in [0.25, 0.3) is 0 Å². The first-order valence-corrected chi connectivity index (χ1v) is 5.80. The third-order valence-electron chi connectivity index (χ3n) is 2.83. The summed E-state index contributed by atoms with van der Waals surface area (Å²) in [6.45, 7) is 1.34. The summed E-state index contributed by atoms with van der Waals surface area (Å²) >= 11 is 0. The lowest BCUT2D eigenvalue weighted by Gasteiger charge is -2.05. The number of pyridine rings is 1. The summed E-state index contributed by atoms with van der Waals surface area (Å²) in [4.78, 5) is 4.01. The lowest BCUT2D eigenvalue weighted by molar-refractivity contribution is 0.115. The Kier molecular flexibility index (Phi) is 3.93. The Labute approximate surface area is 100 Å². The van der Waals surface area contributed by atoms with Gasteiger partial charge in [-0.1, -0.05) is 18.0 Å². The molecule has 0 amide bonds. The Hall–Kier alpha value is -1.62. The van der Waals surface area contributed by atoms with E-state index in [0.717, 1.165) is 24.5 Å². The van der Waals surface area contributed by atoms with Gasteiger partial charge in [0.2, 0.25) is 0 Å². The molecular formula is C12H17N3O2. The molecule has 0 saturated heterocycles. The summed E-state index contributed by atoms with van der Waals surface area (Å²) in [5.74, 6) is 0.907. The molecule has 1 saturated carbocycles. The zero-order chi connectivity index (χ0) is 12.1. The number of nitrogens with zero attached hydrogens (tertiary/aromatic N) is 2. The van der Waals surface area contributed by atoms with E-state index < -0.39 is 0 Å². The molecule has 0 aliphatic heterocycles. The van der Waals surface area contributed by atoms with Crippen molar-refractivity contribution in [3.8, 4) is 0 Å². The van der Waals surface area contributed by atoms with E-state index in [1.807, 2.05) is 6.07 Å². The second-order valence-electron chi connectivity index (χ2n) is 4.32. The Morgan fingerprint density at radius 3 is 3.12 bits per heavy atom. The summed E-state index contributed by atoms with van der Waals surface area (Å²) in [5.41, 5.74) is 6.91. The Balaban J connectivity index is 1.82. The molecule has 0 atom stereocenters. The van der Waals surface area contributed by atoms with Crippen LogP contribution in [0.1, 0.15) is 30.5 Å². The molecule has 0 aromatic carbocycles. The van der Waals surface area contributed by atoms with E-state index in [4.69, 9.17) is 15.7 Å². The van der Waals surface area contributed by atoms with Gasteiger partial charge < -0.3 is 15.7 Å². The standard InChI is InChI=1S/C12H17N3O2/c13-12(15-16)11-7-10(3-5-14-11)8-17-6-4-9-1-2-9/h3,5,7,9,16H,1-2,4,6,8H2,(H2,13,15). The van der Waals surface area contributed by atoms with Crippen LogP contribution in [-0.4, -0.2) is 22.6 Å². The van der Waals surface area contributed by atoms with E-state index in [0.29, 0.717) is 12.3 Å². The van der Waals surface area contributed by atoms with Crippen molar-refractivity contribution in [1.29, 1.82) is 0 Å². The predicted octanol–water partition coefficient (Wildman–Crippen LogP) is 1.49. The van der Waals surface area contributed by atoms with Crippen LogP contribution in [0.4, 0.5) is 0 Å². The first-order valence-electron chi connectivity index (χ1n) is 5.80. The van der Waals surface area contributed by atoms with Crippen molar-refractivity contribution in [3.05, 3.63) is 29.6 Å². The van der Waals surface area contributed by atoms with Crippen molar-refractivity contribution in [2.45, 2.75) is 25.9 Å². The minimum absolute atomic E-state index is 0.0184. The molecule has 0 spiro atoms. The summed E-state index contributed by atoms with van der Waals surface area (Å²) in [7, 11) is 0. The fourth-order valence-electron chi connectivity index (χ4n) is 1.60. The van der Waals surface area contributed by atoms with Gasteiger partial charge in [-0.2, -0.15) is 0 Å². The number of oxime groups is 1. The smallest absolute Gasteiger partial charge is 0.188 e. The minimum atomic E-state index is 0.0184. The van der Waals surface area contributed by atoms with Gasteiger partial charge in [-0.25, -0.2) is 0 Å². The van der Waals surface area contributed by atoms with Gasteiger partial charge in [-0.05, 0) is 30.0 Å². The normalized spacial score (nSPS) is 16.1. The van der Waals surface area contributed by atoms with Crippen LogP contribution in [0.3, 0.4) is 0 Å². The van der Waals surface area contributed by atoms with Crippen LogP contribution in [-0.2, 0) is 11.3 Å². The zero-order valence-corrected chi connectivity index (χ0v) is 9.67. The van der Waals surface area contributed by atoms with Gasteiger partial charge in [0, 0.05) is 12.8 Å². The molecule has 1 aliphatic rings. The molecule has 0 bridgehead atoms. The number of hydrogen-bond acceptors (Lipinski definition) is 4. The molecule has 0 radical (unpaired) electrons. The number of aromatic nitrogens is 1. The average molecular weight is 235 g/mol. The van der Waals surface area contributed by atoms with Crippen molar-refractivity contribution in [2.75, 3.05) is 6.61 Å². The van der Waals surface area contributed by atoms with E-state index in [-0.39, 0.29) is 5.84 Å². The molecule has 1 aliphatic carbocycles. The second-order valence-corrected chi connectivity index (χ2v) is 4.32. The summed E-state index contributed by atoms with van der Waals surface area (Å²) in [6, 6.07) is 3.64. The van der Waals surface area contributed by atoms with Gasteiger partial charge in [0.05, 0.1) is 6.61 Å². The van der Waals surface area contributed by atoms with E-state index >= 15 is 0 Å². The quantitative estimate of drug-likeness (QED) is 0.257. The van der Waals surface area contributed by atoms with Crippen LogP contribution in [0.15, 0.2) is 23.5 Å². The highest BCUT2D eigenvalue weighted by atomic mass is 16.5. The lowest BCUT2D eigenvalue weighted by Crippen LogP contribution is -2.15. The highest BCUT2D eigenvalue weighted by Crippen LogP contribution is 2.32. The van der Waals surface area contributed by atoms with Crippen LogP contribution < -0.4 is 5.73 Å². The van der Waals surface area contributed by atoms with Crippen LogP contribution in [0.25, 0.3) is 0 Å². The third-order valence-corrected chi connectivity index (χ3v) is 2.83. The average Bonchev–Trinajstić information content (AvgIpc) is 3.18. The predicted molar refractivity (Wildman–Crippen MR) is 63.7 cm³/mol. The van der Waals surface area contributed by atoms with Crippen LogP contribution >= 0.6 is 0 Å². The van der Waals surface area contributed by atoms with Crippen LogP contribution in [0.5, 0.6) is 0 Å². The van der Waals surface area contributed by atoms with Crippen LogP contribution in [0, 0.1) is 5.92 Å². The number of nitrogens with two attached hydrogens (primary N) is 1. The molecule has 92 valence electrons. The topological polar surface area (TPSA) is 80.7 Å². The molecule has 3 N–H and O–H groups in total. The molecular weight excluding hydrogens is 218 g/mol. The van der Waals surface area contributed by atoms with Crippen molar-refractivity contribution >= 4 is 5.84 Å². The molecule has 1 heterocycles. The molecule has 2 rings (SSSR count). The van der Waals surface area contributed by atoms with Crippen molar-refractivity contribution in [3.63, 3.8) is 0 Å². The number of hydrogen-bond donors (Lipinski definition) is 2. The van der Waals surface area contributed by atoms with Crippen molar-refractivity contribution < 1.29 is 9.94 Å². The summed E-state index contributed by atoms with van der Waals surface area (Å²) in [5, 5.41) is 11.5. The van der Waals surface area contributed by atoms with Gasteiger partial charge in [-0.15, -0.1) is 0 Å². The largest absolute Gasteiger partial charge is 0.409 e. The van der Waals surface area contributed by atoms with E-state index in [9.17, 15) is 0 Å². The van der Waals surface area contributed by atoms with Crippen molar-refractivity contribution in [2.24, 2.45) is 16.8 Å². The van der Waals surface area contributed by atoms with Crippen LogP contribution in [0.2, 0.25) is 0 Å². The van der Waals surface area contributed by atoms with Gasteiger partial charge in [0.15, 0.2) is 5.84 Å². The first-order chi connectivity index (χ1) is 8.29. The SMILES string of the molecule is N/C(=N/O)c1cc(COCCC2CC2)ccn1. The highest BCUT2D eigenvalue weighted by Gasteiger charge is 2.20. The Bertz CT molecular complexity index is 402. The van der Waals surface area contributed by atoms with Crippen molar-refractivity contribution in [1.82, 2.24) is 4.98 Å². The molecule has 17 heavy (non-hydrogen) atoms. The Morgan fingerprint density at radius 1 is 1.59 bits per heavy atom. The highest BCUT2D eigenvalue weighted by molar-refractivity contribution is 5.95. The van der Waals surface area contributed by atoms with E-state index in [2.05, 4.69) is 10.1 Å². The third kappa shape index (κ3) is 3.71. The number of ether oxygens (including phenoxy) is 1. The minimum Gasteiger partial charge on any atom is -0.409 e. The second kappa shape index (κ2) is 5.63. The number of amidine groups is 1. The van der Waals surface area contributed by atoms with Gasteiger partial charge in [-0.3, -0.25) is 4.98 Å². The summed E-state index contributed by atoms with van der Waals surface area (Å²) in [6.07, 6.45) is 5.49. The fourth-order valence-corrected chi connectivity index (χ4v) is 1.60. The maximum atomic E-state index is 8.55. The molecule has 1 fully saturated rings. The molecule has 5 nitrogen and oxygen atoms in total. The lowest BCUT2D eigenvalue weighted by atomic mass is 10.2. The fraction of sp³-hybridized carbons (Fsp3) is 0.500. The number of rotatable bonds is 6.